The summed E-state index contributed by atoms with van der Waals surface area (Å²) in [6.07, 6.45) is 1.47. The number of benzene rings is 2. The van der Waals surface area contributed by atoms with Crippen LogP contribution in [0.1, 0.15) is 29.7 Å². The lowest BCUT2D eigenvalue weighted by Gasteiger charge is -2.34. The Morgan fingerprint density at radius 2 is 1.97 bits per heavy atom. The van der Waals surface area contributed by atoms with E-state index in [2.05, 4.69) is 11.4 Å². The monoisotopic (exact) mass is 408 g/mol. The van der Waals surface area contributed by atoms with Crippen LogP contribution in [0.5, 0.6) is 0 Å². The summed E-state index contributed by atoms with van der Waals surface area (Å²) in [7, 11) is -1.43. The summed E-state index contributed by atoms with van der Waals surface area (Å²) in [6, 6.07) is 13.9. The molecule has 1 unspecified atom stereocenters. The lowest BCUT2D eigenvalue weighted by molar-refractivity contribution is 0.243. The Morgan fingerprint density at radius 3 is 2.59 bits per heavy atom. The fourth-order valence-corrected chi connectivity index (χ4v) is 4.11. The number of allylic oxidation sites excluding steroid dienone is 1. The van der Waals surface area contributed by atoms with Crippen molar-refractivity contribution in [1.29, 1.82) is 10.5 Å². The van der Waals surface area contributed by atoms with Crippen LogP contribution < -0.4 is 10.2 Å². The Labute approximate surface area is 170 Å². The van der Waals surface area contributed by atoms with Crippen molar-refractivity contribution in [2.75, 3.05) is 11.2 Å². The van der Waals surface area contributed by atoms with E-state index in [0.29, 0.717) is 33.0 Å². The van der Waals surface area contributed by atoms with Gasteiger partial charge in [-0.25, -0.2) is 9.18 Å². The molecule has 29 heavy (non-hydrogen) atoms. The highest BCUT2D eigenvalue weighted by molar-refractivity contribution is 7.84. The van der Waals surface area contributed by atoms with E-state index in [0.717, 1.165) is 0 Å². The smallest absolute Gasteiger partial charge is 0.326 e. The second-order valence-corrected chi connectivity index (χ2v) is 7.80. The highest BCUT2D eigenvalue weighted by atomic mass is 32.2. The minimum Gasteiger partial charge on any atom is -0.326 e. The number of alkyl halides is 1. The number of anilines is 1. The van der Waals surface area contributed by atoms with E-state index >= 15 is 0 Å². The first-order valence-corrected chi connectivity index (χ1v) is 10.2. The van der Waals surface area contributed by atoms with E-state index in [9.17, 15) is 18.7 Å². The van der Waals surface area contributed by atoms with Gasteiger partial charge in [-0.15, -0.1) is 0 Å². The Morgan fingerprint density at radius 1 is 1.21 bits per heavy atom. The molecule has 1 aliphatic heterocycles. The van der Waals surface area contributed by atoms with Crippen LogP contribution in [0.4, 0.5) is 14.9 Å². The summed E-state index contributed by atoms with van der Waals surface area (Å²) in [5, 5.41) is 21.7. The van der Waals surface area contributed by atoms with E-state index in [1.54, 1.807) is 43.3 Å². The van der Waals surface area contributed by atoms with Gasteiger partial charge in [0.1, 0.15) is 6.67 Å². The van der Waals surface area contributed by atoms with Gasteiger partial charge in [-0.1, -0.05) is 18.2 Å². The van der Waals surface area contributed by atoms with E-state index in [1.165, 1.54) is 17.2 Å². The molecule has 3 rings (SSSR count). The molecule has 0 saturated carbocycles. The first kappa shape index (κ1) is 20.2. The topological polar surface area (TPSA) is 97.0 Å². The summed E-state index contributed by atoms with van der Waals surface area (Å²) in [5.74, 6) is 0. The number of hydrogen-bond donors (Lipinski definition) is 1. The number of nitrogens with zero attached hydrogens (tertiary/aromatic N) is 3. The highest BCUT2D eigenvalue weighted by Crippen LogP contribution is 2.35. The van der Waals surface area contributed by atoms with Gasteiger partial charge >= 0.3 is 6.03 Å². The van der Waals surface area contributed by atoms with Crippen LogP contribution in [-0.2, 0) is 17.5 Å². The van der Waals surface area contributed by atoms with Crippen LogP contribution in [-0.4, -0.2) is 16.5 Å². The molecule has 0 aliphatic carbocycles. The molecule has 0 radical (unpaired) electrons. The molecule has 0 fully saturated rings. The molecule has 146 valence electrons. The highest BCUT2D eigenvalue weighted by Gasteiger charge is 2.34. The number of halogens is 1. The summed E-state index contributed by atoms with van der Waals surface area (Å²) < 4.78 is 25.3. The Bertz CT molecular complexity index is 1130. The Balaban J connectivity index is 2.15. The second kappa shape index (κ2) is 8.26. The van der Waals surface area contributed by atoms with Gasteiger partial charge in [0, 0.05) is 16.8 Å². The maximum absolute atomic E-state index is 13.0. The third-order valence-corrected chi connectivity index (χ3v) is 5.66. The van der Waals surface area contributed by atoms with Crippen LogP contribution in [0, 0.1) is 22.7 Å². The molecule has 0 spiro atoms. The molecule has 1 N–H and O–H groups in total. The molecule has 0 saturated heterocycles. The lowest BCUT2D eigenvalue weighted by Crippen LogP contribution is -2.46. The number of carbonyl (C=O) groups is 1. The van der Waals surface area contributed by atoms with Crippen molar-refractivity contribution in [1.82, 2.24) is 5.32 Å². The summed E-state index contributed by atoms with van der Waals surface area (Å²) in [4.78, 5) is 14.6. The lowest BCUT2D eigenvalue weighted by atomic mass is 9.94. The fourth-order valence-electron chi connectivity index (χ4n) is 3.30. The predicted octanol–water partition coefficient (Wildman–Crippen LogP) is 3.83. The van der Waals surface area contributed by atoms with Gasteiger partial charge in [0.05, 0.1) is 45.8 Å². The van der Waals surface area contributed by atoms with Crippen LogP contribution >= 0.6 is 0 Å². The molecule has 0 bridgehead atoms. The zero-order valence-electron chi connectivity index (χ0n) is 15.8. The number of amides is 2. The van der Waals surface area contributed by atoms with Gasteiger partial charge in [-0.2, -0.15) is 10.5 Å². The number of nitrogens with one attached hydrogen (secondary N) is 1. The number of carbonyl (C=O) groups excluding carboxylic acids is 1. The minimum atomic E-state index is -1.43. The van der Waals surface area contributed by atoms with E-state index in [1.807, 2.05) is 6.07 Å². The number of urea groups is 1. The summed E-state index contributed by atoms with van der Waals surface area (Å²) in [5.41, 5.74) is 2.36. The standard InChI is InChI=1S/C21H17FN4O2S/c1-13-18(12-24)20(17-7-6-15(11-23)9-19(17)29(2)28)25-21(27)26(13)16-5-3-4-14(8-16)10-22/h3-9,20H,10H2,1-2H3,(H,25,27)/t20-,29?/m1/s1. The maximum Gasteiger partial charge on any atom is 0.327 e. The van der Waals surface area contributed by atoms with Gasteiger partial charge in [0.15, 0.2) is 0 Å². The van der Waals surface area contributed by atoms with Crippen LogP contribution in [0.25, 0.3) is 0 Å². The van der Waals surface area contributed by atoms with Crippen molar-refractivity contribution in [3.8, 4) is 12.1 Å². The van der Waals surface area contributed by atoms with Crippen molar-refractivity contribution in [2.45, 2.75) is 24.5 Å². The largest absolute Gasteiger partial charge is 0.327 e. The molecule has 2 aromatic rings. The SMILES string of the molecule is CC1=C(C#N)[C@@H](c2ccc(C#N)cc2S(C)=O)NC(=O)N1c1cccc(CF)c1. The van der Waals surface area contributed by atoms with Gasteiger partial charge in [0.25, 0.3) is 0 Å². The maximum atomic E-state index is 13.0. The number of hydrogen-bond acceptors (Lipinski definition) is 4. The number of nitriles is 2. The number of rotatable bonds is 4. The molecular weight excluding hydrogens is 391 g/mol. The summed E-state index contributed by atoms with van der Waals surface area (Å²) in [6.45, 7) is 0.968. The molecule has 2 atom stereocenters. The van der Waals surface area contributed by atoms with Crippen LogP contribution in [0.2, 0.25) is 0 Å². The van der Waals surface area contributed by atoms with Gasteiger partial charge in [-0.05, 0) is 42.3 Å². The first-order chi connectivity index (χ1) is 13.9. The van der Waals surface area contributed by atoms with Gasteiger partial charge in [-0.3, -0.25) is 9.11 Å². The van der Waals surface area contributed by atoms with Gasteiger partial charge < -0.3 is 5.32 Å². The Hall–Kier alpha value is -3.49. The van der Waals surface area contributed by atoms with Crippen molar-refractivity contribution in [3.63, 3.8) is 0 Å². The quantitative estimate of drug-likeness (QED) is 0.831. The van der Waals surface area contributed by atoms with Crippen LogP contribution in [0.3, 0.4) is 0 Å². The average Bonchev–Trinajstić information content (AvgIpc) is 2.73. The molecule has 2 amide bonds. The normalized spacial score (nSPS) is 17.3. The van der Waals surface area contributed by atoms with Gasteiger partial charge in [0.2, 0.25) is 0 Å². The second-order valence-electron chi connectivity index (χ2n) is 6.45. The predicted molar refractivity (Wildman–Crippen MR) is 107 cm³/mol. The third kappa shape index (κ3) is 3.75. The van der Waals surface area contributed by atoms with Crippen molar-refractivity contribution in [3.05, 3.63) is 70.4 Å². The van der Waals surface area contributed by atoms with E-state index in [-0.39, 0.29) is 5.57 Å². The van der Waals surface area contributed by atoms with Crippen molar-refractivity contribution < 1.29 is 13.4 Å². The fraction of sp³-hybridized carbons (Fsp3) is 0.190. The summed E-state index contributed by atoms with van der Waals surface area (Å²) >= 11 is 0. The molecular formula is C21H17FN4O2S. The van der Waals surface area contributed by atoms with Crippen molar-refractivity contribution in [2.24, 2.45) is 0 Å². The average molecular weight is 408 g/mol. The molecule has 2 aromatic carbocycles. The Kier molecular flexibility index (Phi) is 5.76. The minimum absolute atomic E-state index is 0.270. The zero-order valence-corrected chi connectivity index (χ0v) is 16.6. The zero-order chi connectivity index (χ0) is 21.1. The molecule has 1 heterocycles. The van der Waals surface area contributed by atoms with E-state index in [4.69, 9.17) is 5.26 Å². The van der Waals surface area contributed by atoms with Crippen molar-refractivity contribution >= 4 is 22.5 Å². The molecule has 1 aliphatic rings. The molecule has 0 aromatic heterocycles. The van der Waals surface area contributed by atoms with Crippen LogP contribution in [0.15, 0.2) is 58.6 Å². The molecule has 8 heteroatoms. The van der Waals surface area contributed by atoms with E-state index < -0.39 is 29.5 Å². The third-order valence-electron chi connectivity index (χ3n) is 4.69. The molecule has 6 nitrogen and oxygen atoms in total. The first-order valence-electron chi connectivity index (χ1n) is 8.65.